The zero-order valence-electron chi connectivity index (χ0n) is 9.40. The first-order valence-electron chi connectivity index (χ1n) is 5.45. The van der Waals surface area contributed by atoms with Gasteiger partial charge in [-0.2, -0.15) is 0 Å². The first-order chi connectivity index (χ1) is 7.90. The van der Waals surface area contributed by atoms with Crippen molar-refractivity contribution in [2.75, 3.05) is 17.7 Å². The van der Waals surface area contributed by atoms with E-state index < -0.39 is 0 Å². The average molecular weight is 212 g/mol. The zero-order chi connectivity index (χ0) is 11.2. The summed E-state index contributed by atoms with van der Waals surface area (Å²) in [6.07, 6.45) is 0. The Morgan fingerprint density at radius 1 is 0.812 bits per heavy atom. The van der Waals surface area contributed by atoms with E-state index in [-0.39, 0.29) is 0 Å². The van der Waals surface area contributed by atoms with Crippen molar-refractivity contribution in [3.8, 4) is 0 Å². The van der Waals surface area contributed by atoms with Gasteiger partial charge in [0.25, 0.3) is 0 Å². The van der Waals surface area contributed by atoms with E-state index in [0.717, 1.165) is 17.9 Å². The molecule has 16 heavy (non-hydrogen) atoms. The summed E-state index contributed by atoms with van der Waals surface area (Å²) in [6, 6.07) is 18.6. The molecule has 2 aromatic rings. The molecule has 0 atom stereocenters. The average Bonchev–Trinajstić information content (AvgIpc) is 2.38. The Kier molecular flexibility index (Phi) is 3.44. The molecule has 2 rings (SSSR count). The summed E-state index contributed by atoms with van der Waals surface area (Å²) in [5, 5.41) is 6.59. The lowest BCUT2D eigenvalue weighted by atomic mass is 10.2. The number of para-hydroxylation sites is 2. The maximum Gasteiger partial charge on any atom is 0.0578 e. The molecule has 0 aliphatic rings. The number of hydrogen-bond donors (Lipinski definition) is 2. The minimum atomic E-state index is 0.847. The number of hydrogen-bond acceptors (Lipinski definition) is 2. The summed E-state index contributed by atoms with van der Waals surface area (Å²) < 4.78 is 0. The van der Waals surface area contributed by atoms with E-state index in [4.69, 9.17) is 0 Å². The molecule has 0 amide bonds. The van der Waals surface area contributed by atoms with Gasteiger partial charge in [0.15, 0.2) is 0 Å². The van der Waals surface area contributed by atoms with Gasteiger partial charge in [0.1, 0.15) is 0 Å². The van der Waals surface area contributed by atoms with Crippen LogP contribution >= 0.6 is 0 Å². The molecule has 0 spiro atoms. The van der Waals surface area contributed by atoms with E-state index in [1.54, 1.807) is 0 Å². The molecule has 2 N–H and O–H groups in total. The van der Waals surface area contributed by atoms with Crippen LogP contribution in [0.4, 0.5) is 11.4 Å². The second-order valence-electron chi connectivity index (χ2n) is 3.63. The second-order valence-corrected chi connectivity index (χ2v) is 3.63. The molecular weight excluding hydrogens is 196 g/mol. The van der Waals surface area contributed by atoms with E-state index in [9.17, 15) is 0 Å². The standard InChI is InChI=1S/C14H16N2/c1-15-13-9-5-6-10-14(13)16-11-12-7-3-2-4-8-12/h2-10,15-16H,11H2,1H3. The van der Waals surface area contributed by atoms with E-state index in [2.05, 4.69) is 47.0 Å². The van der Waals surface area contributed by atoms with Crippen molar-refractivity contribution in [3.05, 3.63) is 60.2 Å². The molecule has 0 saturated carbocycles. The van der Waals surface area contributed by atoms with Gasteiger partial charge in [-0.25, -0.2) is 0 Å². The predicted octanol–water partition coefficient (Wildman–Crippen LogP) is 3.34. The highest BCUT2D eigenvalue weighted by Gasteiger charge is 1.98. The highest BCUT2D eigenvalue weighted by atomic mass is 14.9. The number of anilines is 2. The van der Waals surface area contributed by atoms with Crippen LogP contribution in [0.2, 0.25) is 0 Å². The smallest absolute Gasteiger partial charge is 0.0578 e. The third kappa shape index (κ3) is 2.54. The molecule has 2 nitrogen and oxygen atoms in total. The van der Waals surface area contributed by atoms with Gasteiger partial charge in [0.05, 0.1) is 11.4 Å². The van der Waals surface area contributed by atoms with Crippen LogP contribution in [0.5, 0.6) is 0 Å². The lowest BCUT2D eigenvalue weighted by Gasteiger charge is -2.11. The molecule has 2 heteroatoms. The van der Waals surface area contributed by atoms with Gasteiger partial charge in [-0.1, -0.05) is 42.5 Å². The van der Waals surface area contributed by atoms with Crippen molar-refractivity contribution in [2.24, 2.45) is 0 Å². The minimum Gasteiger partial charge on any atom is -0.386 e. The highest BCUT2D eigenvalue weighted by Crippen LogP contribution is 2.20. The molecular formula is C14H16N2. The fraction of sp³-hybridized carbons (Fsp3) is 0.143. The number of rotatable bonds is 4. The van der Waals surface area contributed by atoms with Gasteiger partial charge in [0, 0.05) is 13.6 Å². The predicted molar refractivity (Wildman–Crippen MR) is 69.8 cm³/mol. The summed E-state index contributed by atoms with van der Waals surface area (Å²) in [6.45, 7) is 0.847. The van der Waals surface area contributed by atoms with Crippen molar-refractivity contribution >= 4 is 11.4 Å². The Morgan fingerprint density at radius 2 is 1.44 bits per heavy atom. The molecule has 0 radical (unpaired) electrons. The van der Waals surface area contributed by atoms with Crippen LogP contribution in [0.1, 0.15) is 5.56 Å². The third-order valence-corrected chi connectivity index (χ3v) is 2.52. The molecule has 2 aromatic carbocycles. The topological polar surface area (TPSA) is 24.1 Å². The first kappa shape index (κ1) is 10.6. The number of nitrogens with one attached hydrogen (secondary N) is 2. The Bertz CT molecular complexity index is 437. The van der Waals surface area contributed by atoms with Crippen molar-refractivity contribution in [2.45, 2.75) is 6.54 Å². The molecule has 82 valence electrons. The van der Waals surface area contributed by atoms with Crippen LogP contribution in [-0.4, -0.2) is 7.05 Å². The first-order valence-corrected chi connectivity index (χ1v) is 5.45. The van der Waals surface area contributed by atoms with Crippen molar-refractivity contribution in [1.82, 2.24) is 0 Å². The summed E-state index contributed by atoms with van der Waals surface area (Å²) in [5.74, 6) is 0. The monoisotopic (exact) mass is 212 g/mol. The van der Waals surface area contributed by atoms with E-state index >= 15 is 0 Å². The van der Waals surface area contributed by atoms with Crippen LogP contribution in [0.25, 0.3) is 0 Å². The lowest BCUT2D eigenvalue weighted by molar-refractivity contribution is 1.15. The molecule has 0 aliphatic heterocycles. The Labute approximate surface area is 96.3 Å². The van der Waals surface area contributed by atoms with Crippen LogP contribution < -0.4 is 10.6 Å². The largest absolute Gasteiger partial charge is 0.386 e. The molecule has 0 saturated heterocycles. The highest BCUT2D eigenvalue weighted by molar-refractivity contribution is 5.68. The van der Waals surface area contributed by atoms with Crippen molar-refractivity contribution in [3.63, 3.8) is 0 Å². The maximum absolute atomic E-state index is 3.42. The minimum absolute atomic E-state index is 0.847. The number of benzene rings is 2. The Hall–Kier alpha value is -1.96. The fourth-order valence-electron chi connectivity index (χ4n) is 1.65. The normalized spacial score (nSPS) is 9.81. The summed E-state index contributed by atoms with van der Waals surface area (Å²) in [4.78, 5) is 0. The zero-order valence-corrected chi connectivity index (χ0v) is 9.40. The molecule has 0 aliphatic carbocycles. The summed E-state index contributed by atoms with van der Waals surface area (Å²) >= 11 is 0. The van der Waals surface area contributed by atoms with Gasteiger partial charge in [0.2, 0.25) is 0 Å². The van der Waals surface area contributed by atoms with E-state index in [0.29, 0.717) is 0 Å². The van der Waals surface area contributed by atoms with Crippen molar-refractivity contribution < 1.29 is 0 Å². The molecule has 0 unspecified atom stereocenters. The Balaban J connectivity index is 2.05. The van der Waals surface area contributed by atoms with Crippen LogP contribution in [0.15, 0.2) is 54.6 Å². The lowest BCUT2D eigenvalue weighted by Crippen LogP contribution is -2.02. The quantitative estimate of drug-likeness (QED) is 0.812. The van der Waals surface area contributed by atoms with Crippen LogP contribution in [0, 0.1) is 0 Å². The summed E-state index contributed by atoms with van der Waals surface area (Å²) in [7, 11) is 1.93. The SMILES string of the molecule is CNc1ccccc1NCc1ccccc1. The molecule has 0 fully saturated rings. The van der Waals surface area contributed by atoms with Gasteiger partial charge in [-0.05, 0) is 17.7 Å². The van der Waals surface area contributed by atoms with E-state index in [1.807, 2.05) is 25.2 Å². The second kappa shape index (κ2) is 5.21. The molecule has 0 heterocycles. The van der Waals surface area contributed by atoms with Gasteiger partial charge in [-0.15, -0.1) is 0 Å². The Morgan fingerprint density at radius 3 is 2.12 bits per heavy atom. The summed E-state index contributed by atoms with van der Waals surface area (Å²) in [5.41, 5.74) is 3.54. The van der Waals surface area contributed by atoms with Crippen LogP contribution in [-0.2, 0) is 6.54 Å². The van der Waals surface area contributed by atoms with Crippen molar-refractivity contribution in [1.29, 1.82) is 0 Å². The molecule has 0 aromatic heterocycles. The van der Waals surface area contributed by atoms with E-state index in [1.165, 1.54) is 5.56 Å². The van der Waals surface area contributed by atoms with Gasteiger partial charge in [-0.3, -0.25) is 0 Å². The fourth-order valence-corrected chi connectivity index (χ4v) is 1.65. The van der Waals surface area contributed by atoms with Crippen LogP contribution in [0.3, 0.4) is 0 Å². The van der Waals surface area contributed by atoms with Gasteiger partial charge >= 0.3 is 0 Å². The maximum atomic E-state index is 3.42. The third-order valence-electron chi connectivity index (χ3n) is 2.52. The van der Waals surface area contributed by atoms with Gasteiger partial charge < -0.3 is 10.6 Å². The molecule has 0 bridgehead atoms.